The summed E-state index contributed by atoms with van der Waals surface area (Å²) in [4.78, 5) is 28.5. The van der Waals surface area contributed by atoms with Gasteiger partial charge in [-0.25, -0.2) is 9.67 Å². The van der Waals surface area contributed by atoms with Gasteiger partial charge in [0.2, 0.25) is 5.91 Å². The Bertz CT molecular complexity index is 1020. The number of carbonyl (C=O) groups is 1. The average molecular weight is 366 g/mol. The van der Waals surface area contributed by atoms with Gasteiger partial charge in [-0.2, -0.15) is 13.2 Å². The van der Waals surface area contributed by atoms with Crippen molar-refractivity contribution in [3.05, 3.63) is 46.5 Å². The molecule has 136 valence electrons. The lowest BCUT2D eigenvalue weighted by Crippen LogP contribution is -2.28. The fourth-order valence-electron chi connectivity index (χ4n) is 2.40. The summed E-state index contributed by atoms with van der Waals surface area (Å²) in [6, 6.07) is 4.59. The van der Waals surface area contributed by atoms with Crippen LogP contribution in [-0.2, 0) is 24.1 Å². The second-order valence-electron chi connectivity index (χ2n) is 5.35. The molecule has 0 aliphatic heterocycles. The normalized spacial score (nSPS) is 11.7. The quantitative estimate of drug-likeness (QED) is 0.758. The first-order valence-corrected chi connectivity index (χ1v) is 7.56. The number of para-hydroxylation sites is 1. The number of aromatic nitrogens is 5. The number of aryl methyl sites for hydroxylation is 1. The van der Waals surface area contributed by atoms with Gasteiger partial charge in [0.05, 0.1) is 11.3 Å². The molecule has 0 aliphatic carbocycles. The van der Waals surface area contributed by atoms with Crippen LogP contribution in [0.3, 0.4) is 0 Å². The van der Waals surface area contributed by atoms with E-state index in [0.717, 1.165) is 23.0 Å². The minimum atomic E-state index is -4.61. The van der Waals surface area contributed by atoms with Crippen LogP contribution in [-0.4, -0.2) is 30.5 Å². The molecule has 1 amide bonds. The molecule has 0 bridgehead atoms. The standard InChI is InChI=1S/C15H13F3N6O2/c1-2-24-13-12(21-22-24)14(26)23(8-19-13)7-11(25)20-10-6-4-3-5-9(10)15(16,17)18/h3-6,8H,2,7H2,1H3,(H,20,25). The van der Waals surface area contributed by atoms with Crippen molar-refractivity contribution in [2.24, 2.45) is 0 Å². The highest BCUT2D eigenvalue weighted by Gasteiger charge is 2.33. The van der Waals surface area contributed by atoms with Crippen LogP contribution >= 0.6 is 0 Å². The fourth-order valence-corrected chi connectivity index (χ4v) is 2.40. The van der Waals surface area contributed by atoms with E-state index in [2.05, 4.69) is 20.6 Å². The van der Waals surface area contributed by atoms with E-state index < -0.39 is 29.8 Å². The number of carbonyl (C=O) groups excluding carboxylic acids is 1. The molecule has 2 heterocycles. The van der Waals surface area contributed by atoms with Gasteiger partial charge in [-0.3, -0.25) is 14.2 Å². The van der Waals surface area contributed by atoms with Gasteiger partial charge in [-0.05, 0) is 19.1 Å². The van der Waals surface area contributed by atoms with Crippen LogP contribution in [0.1, 0.15) is 12.5 Å². The zero-order chi connectivity index (χ0) is 18.9. The highest BCUT2D eigenvalue weighted by Crippen LogP contribution is 2.34. The Morgan fingerprint density at radius 3 is 2.69 bits per heavy atom. The summed E-state index contributed by atoms with van der Waals surface area (Å²) in [5, 5.41) is 9.66. The third-order valence-corrected chi connectivity index (χ3v) is 3.61. The number of hydrogen-bond acceptors (Lipinski definition) is 5. The lowest BCUT2D eigenvalue weighted by molar-refractivity contribution is -0.137. The average Bonchev–Trinajstić information content (AvgIpc) is 3.01. The predicted octanol–water partition coefficient (Wildman–Crippen LogP) is 1.67. The number of hydrogen-bond donors (Lipinski definition) is 1. The van der Waals surface area contributed by atoms with Crippen molar-refractivity contribution >= 4 is 22.8 Å². The summed E-state index contributed by atoms with van der Waals surface area (Å²) < 4.78 is 41.3. The molecule has 0 saturated carbocycles. The number of benzene rings is 1. The van der Waals surface area contributed by atoms with Gasteiger partial charge in [-0.15, -0.1) is 5.10 Å². The predicted molar refractivity (Wildman–Crippen MR) is 85.3 cm³/mol. The molecule has 26 heavy (non-hydrogen) atoms. The molecule has 0 unspecified atom stereocenters. The second-order valence-corrected chi connectivity index (χ2v) is 5.35. The molecule has 0 spiro atoms. The monoisotopic (exact) mass is 366 g/mol. The van der Waals surface area contributed by atoms with E-state index >= 15 is 0 Å². The Kier molecular flexibility index (Phi) is 4.45. The van der Waals surface area contributed by atoms with Crippen LogP contribution in [0.2, 0.25) is 0 Å². The Labute approximate surface area is 144 Å². The molecular formula is C15H13F3N6O2. The van der Waals surface area contributed by atoms with Crippen LogP contribution in [0.5, 0.6) is 0 Å². The van der Waals surface area contributed by atoms with E-state index in [1.165, 1.54) is 16.8 Å². The number of rotatable bonds is 4. The summed E-state index contributed by atoms with van der Waals surface area (Å²) >= 11 is 0. The molecular weight excluding hydrogens is 353 g/mol. The van der Waals surface area contributed by atoms with E-state index in [1.54, 1.807) is 6.92 Å². The zero-order valence-corrected chi connectivity index (χ0v) is 13.5. The number of halogens is 3. The molecule has 0 fully saturated rings. The molecule has 0 radical (unpaired) electrons. The van der Waals surface area contributed by atoms with Gasteiger partial charge in [-0.1, -0.05) is 17.3 Å². The van der Waals surface area contributed by atoms with E-state index in [9.17, 15) is 22.8 Å². The van der Waals surface area contributed by atoms with E-state index in [-0.39, 0.29) is 16.9 Å². The maximum absolute atomic E-state index is 13.0. The zero-order valence-electron chi connectivity index (χ0n) is 13.5. The Morgan fingerprint density at radius 1 is 1.27 bits per heavy atom. The third kappa shape index (κ3) is 3.27. The number of anilines is 1. The number of fused-ring (bicyclic) bond motifs is 1. The topological polar surface area (TPSA) is 94.7 Å². The van der Waals surface area contributed by atoms with E-state index in [4.69, 9.17) is 0 Å². The second kappa shape index (κ2) is 6.58. The summed E-state index contributed by atoms with van der Waals surface area (Å²) in [6.07, 6.45) is -3.48. The van der Waals surface area contributed by atoms with Crippen LogP contribution < -0.4 is 10.9 Å². The van der Waals surface area contributed by atoms with Crippen LogP contribution in [0.15, 0.2) is 35.4 Å². The van der Waals surface area contributed by atoms with E-state index in [0.29, 0.717) is 6.54 Å². The van der Waals surface area contributed by atoms with Crippen molar-refractivity contribution in [3.8, 4) is 0 Å². The molecule has 1 aromatic carbocycles. The van der Waals surface area contributed by atoms with Gasteiger partial charge < -0.3 is 5.32 Å². The van der Waals surface area contributed by atoms with E-state index in [1.807, 2.05) is 0 Å². The Morgan fingerprint density at radius 2 is 2.00 bits per heavy atom. The molecule has 11 heteroatoms. The van der Waals surface area contributed by atoms with Crippen molar-refractivity contribution in [1.82, 2.24) is 24.5 Å². The summed E-state index contributed by atoms with van der Waals surface area (Å²) in [5.74, 6) is -0.798. The summed E-state index contributed by atoms with van der Waals surface area (Å²) in [5.41, 5.74) is -1.70. The summed E-state index contributed by atoms with van der Waals surface area (Å²) in [6.45, 7) is 1.75. The van der Waals surface area contributed by atoms with Crippen LogP contribution in [0.25, 0.3) is 11.2 Å². The van der Waals surface area contributed by atoms with Crippen molar-refractivity contribution in [2.45, 2.75) is 26.2 Å². The highest BCUT2D eigenvalue weighted by atomic mass is 19.4. The molecule has 0 atom stereocenters. The lowest BCUT2D eigenvalue weighted by Gasteiger charge is -2.13. The lowest BCUT2D eigenvalue weighted by atomic mass is 10.1. The van der Waals surface area contributed by atoms with Crippen molar-refractivity contribution in [1.29, 1.82) is 0 Å². The SMILES string of the molecule is CCn1nnc2c(=O)n(CC(=O)Nc3ccccc3C(F)(F)F)cnc21. The van der Waals surface area contributed by atoms with Gasteiger partial charge in [0.1, 0.15) is 12.9 Å². The number of nitrogens with zero attached hydrogens (tertiary/aromatic N) is 5. The van der Waals surface area contributed by atoms with Gasteiger partial charge in [0, 0.05) is 6.54 Å². The number of amides is 1. The largest absolute Gasteiger partial charge is 0.418 e. The third-order valence-electron chi connectivity index (χ3n) is 3.61. The first-order valence-electron chi connectivity index (χ1n) is 7.56. The Hall–Kier alpha value is -3.24. The van der Waals surface area contributed by atoms with Crippen molar-refractivity contribution in [2.75, 3.05) is 5.32 Å². The maximum atomic E-state index is 13.0. The van der Waals surface area contributed by atoms with Gasteiger partial charge in [0.15, 0.2) is 11.2 Å². The van der Waals surface area contributed by atoms with Gasteiger partial charge in [0.25, 0.3) is 5.56 Å². The first kappa shape index (κ1) is 17.6. The van der Waals surface area contributed by atoms with Gasteiger partial charge >= 0.3 is 6.18 Å². The molecule has 1 N–H and O–H groups in total. The maximum Gasteiger partial charge on any atom is 0.418 e. The highest BCUT2D eigenvalue weighted by molar-refractivity contribution is 5.91. The van der Waals surface area contributed by atoms with Crippen molar-refractivity contribution < 1.29 is 18.0 Å². The number of alkyl halides is 3. The molecule has 8 nitrogen and oxygen atoms in total. The molecule has 3 aromatic rings. The van der Waals surface area contributed by atoms with Crippen LogP contribution in [0, 0.1) is 0 Å². The fraction of sp³-hybridized carbons (Fsp3) is 0.267. The first-order chi connectivity index (χ1) is 12.3. The minimum absolute atomic E-state index is 0.0159. The molecule has 0 aliphatic rings. The summed E-state index contributed by atoms with van der Waals surface area (Å²) in [7, 11) is 0. The minimum Gasteiger partial charge on any atom is -0.324 e. The van der Waals surface area contributed by atoms with Crippen molar-refractivity contribution in [3.63, 3.8) is 0 Å². The Balaban J connectivity index is 1.85. The number of nitrogens with one attached hydrogen (secondary N) is 1. The smallest absolute Gasteiger partial charge is 0.324 e. The molecule has 2 aromatic heterocycles. The van der Waals surface area contributed by atoms with Crippen LogP contribution in [0.4, 0.5) is 18.9 Å². The molecule has 3 rings (SSSR count). The molecule has 0 saturated heterocycles.